The number of anilines is 1. The molecule has 1 fully saturated rings. The van der Waals surface area contributed by atoms with Gasteiger partial charge >= 0.3 is 0 Å². The van der Waals surface area contributed by atoms with Crippen molar-refractivity contribution in [2.75, 3.05) is 25.1 Å². The van der Waals surface area contributed by atoms with Gasteiger partial charge in [-0.25, -0.2) is 4.98 Å². The van der Waals surface area contributed by atoms with Crippen LogP contribution in [0.3, 0.4) is 0 Å². The van der Waals surface area contributed by atoms with E-state index in [0.717, 1.165) is 36.6 Å². The molecular formula is C17H29N3O. The summed E-state index contributed by atoms with van der Waals surface area (Å²) in [5, 5.41) is 0. The minimum Gasteiger partial charge on any atom is -0.376 e. The predicted octanol–water partition coefficient (Wildman–Crippen LogP) is 2.84. The summed E-state index contributed by atoms with van der Waals surface area (Å²) in [7, 11) is 2.09. The summed E-state index contributed by atoms with van der Waals surface area (Å²) in [4.78, 5) is 7.03. The number of pyridine rings is 1. The highest BCUT2D eigenvalue weighted by Gasteiger charge is 2.20. The van der Waals surface area contributed by atoms with Gasteiger partial charge in [-0.3, -0.25) is 0 Å². The van der Waals surface area contributed by atoms with Crippen molar-refractivity contribution in [3.8, 4) is 0 Å². The van der Waals surface area contributed by atoms with Crippen molar-refractivity contribution in [2.45, 2.75) is 58.1 Å². The molecule has 1 aliphatic heterocycles. The number of nitrogens with two attached hydrogens (primary N) is 1. The first kappa shape index (κ1) is 16.2. The zero-order valence-electron chi connectivity index (χ0n) is 13.9. The number of nitrogens with zero attached hydrogens (tertiary/aromatic N) is 2. The van der Waals surface area contributed by atoms with E-state index in [1.165, 1.54) is 12.8 Å². The molecule has 1 aromatic heterocycles. The minimum atomic E-state index is 0.0299. The Labute approximate surface area is 128 Å². The third-order valence-electron chi connectivity index (χ3n) is 4.02. The zero-order valence-corrected chi connectivity index (χ0v) is 13.9. The second kappa shape index (κ2) is 6.75. The molecule has 2 N–H and O–H groups in total. The number of hydrogen-bond donors (Lipinski definition) is 1. The van der Waals surface area contributed by atoms with Crippen molar-refractivity contribution in [1.82, 2.24) is 4.98 Å². The Balaban J connectivity index is 2.17. The third-order valence-corrected chi connectivity index (χ3v) is 4.02. The smallest absolute Gasteiger partial charge is 0.128 e. The van der Waals surface area contributed by atoms with E-state index in [0.29, 0.717) is 12.6 Å². The first-order chi connectivity index (χ1) is 9.90. The Bertz CT molecular complexity index is 462. The fraction of sp³-hybridized carbons (Fsp3) is 0.706. The van der Waals surface area contributed by atoms with Crippen LogP contribution < -0.4 is 10.6 Å². The van der Waals surface area contributed by atoms with Crippen LogP contribution in [0.2, 0.25) is 0 Å². The second-order valence-corrected chi connectivity index (χ2v) is 7.04. The van der Waals surface area contributed by atoms with Gasteiger partial charge in [0, 0.05) is 37.9 Å². The molecule has 0 amide bonds. The van der Waals surface area contributed by atoms with Gasteiger partial charge in [-0.15, -0.1) is 0 Å². The molecule has 0 saturated carbocycles. The van der Waals surface area contributed by atoms with Gasteiger partial charge in [0.1, 0.15) is 5.82 Å². The molecule has 118 valence electrons. The van der Waals surface area contributed by atoms with Crippen molar-refractivity contribution in [3.05, 3.63) is 23.4 Å². The molecule has 0 bridgehead atoms. The molecule has 1 atom stereocenters. The molecule has 1 unspecified atom stereocenters. The number of aromatic nitrogens is 1. The van der Waals surface area contributed by atoms with Crippen molar-refractivity contribution < 1.29 is 4.74 Å². The van der Waals surface area contributed by atoms with Crippen molar-refractivity contribution in [2.24, 2.45) is 5.73 Å². The van der Waals surface area contributed by atoms with E-state index in [4.69, 9.17) is 15.5 Å². The third kappa shape index (κ3) is 4.42. The van der Waals surface area contributed by atoms with E-state index >= 15 is 0 Å². The summed E-state index contributed by atoms with van der Waals surface area (Å²) >= 11 is 0. The molecule has 4 nitrogen and oxygen atoms in total. The average Bonchev–Trinajstić information content (AvgIpc) is 2.46. The lowest BCUT2D eigenvalue weighted by atomic mass is 9.90. The molecular weight excluding hydrogens is 262 g/mol. The van der Waals surface area contributed by atoms with Crippen molar-refractivity contribution >= 4 is 5.82 Å². The first-order valence-electron chi connectivity index (χ1n) is 7.94. The summed E-state index contributed by atoms with van der Waals surface area (Å²) in [6.45, 7) is 8.88. The van der Waals surface area contributed by atoms with Crippen LogP contribution in [0.15, 0.2) is 12.1 Å². The predicted molar refractivity (Wildman–Crippen MR) is 87.7 cm³/mol. The first-order valence-corrected chi connectivity index (χ1v) is 7.94. The fourth-order valence-electron chi connectivity index (χ4n) is 2.62. The molecule has 1 saturated heterocycles. The van der Waals surface area contributed by atoms with E-state index in [9.17, 15) is 0 Å². The van der Waals surface area contributed by atoms with Crippen molar-refractivity contribution in [1.29, 1.82) is 0 Å². The molecule has 4 heteroatoms. The van der Waals surface area contributed by atoms with Crippen molar-refractivity contribution in [3.63, 3.8) is 0 Å². The van der Waals surface area contributed by atoms with Crippen LogP contribution in [0.5, 0.6) is 0 Å². The van der Waals surface area contributed by atoms with E-state index in [1.807, 2.05) is 0 Å². The van der Waals surface area contributed by atoms with Crippen LogP contribution in [-0.4, -0.2) is 31.3 Å². The molecule has 0 radical (unpaired) electrons. The quantitative estimate of drug-likeness (QED) is 0.927. The standard InChI is InChI=1S/C17H29N3O/c1-17(2,3)15-9-13(11-18)10-16(19-15)20(4)12-14-7-5-6-8-21-14/h9-10,14H,5-8,11-12,18H2,1-4H3. The van der Waals surface area contributed by atoms with Crippen LogP contribution in [0, 0.1) is 0 Å². The molecule has 2 heterocycles. The van der Waals surface area contributed by atoms with Gasteiger partial charge in [-0.1, -0.05) is 20.8 Å². The van der Waals surface area contributed by atoms with Gasteiger partial charge in [0.25, 0.3) is 0 Å². The molecule has 2 rings (SSSR count). The zero-order chi connectivity index (χ0) is 15.5. The Morgan fingerprint density at radius 2 is 2.10 bits per heavy atom. The monoisotopic (exact) mass is 291 g/mol. The average molecular weight is 291 g/mol. The second-order valence-electron chi connectivity index (χ2n) is 7.04. The van der Waals surface area contributed by atoms with E-state index in [1.54, 1.807) is 0 Å². The van der Waals surface area contributed by atoms with Crippen LogP contribution in [-0.2, 0) is 16.7 Å². The minimum absolute atomic E-state index is 0.0299. The summed E-state index contributed by atoms with van der Waals surface area (Å²) in [5.74, 6) is 0.997. The number of hydrogen-bond acceptors (Lipinski definition) is 4. The Morgan fingerprint density at radius 1 is 1.33 bits per heavy atom. The maximum atomic E-state index is 5.84. The van der Waals surface area contributed by atoms with Gasteiger partial charge in [0.15, 0.2) is 0 Å². The van der Waals surface area contributed by atoms with Crippen LogP contribution in [0.1, 0.15) is 51.3 Å². The van der Waals surface area contributed by atoms with E-state index in [-0.39, 0.29) is 5.41 Å². The lowest BCUT2D eigenvalue weighted by Crippen LogP contribution is -2.34. The highest BCUT2D eigenvalue weighted by molar-refractivity contribution is 5.43. The number of ether oxygens (including phenoxy) is 1. The van der Waals surface area contributed by atoms with E-state index in [2.05, 4.69) is 44.9 Å². The van der Waals surface area contributed by atoms with Gasteiger partial charge in [0.2, 0.25) is 0 Å². The molecule has 21 heavy (non-hydrogen) atoms. The SMILES string of the molecule is CN(CC1CCCCO1)c1cc(CN)cc(C(C)(C)C)n1. The number of rotatable bonds is 4. The van der Waals surface area contributed by atoms with Crippen LogP contribution in [0.4, 0.5) is 5.82 Å². The lowest BCUT2D eigenvalue weighted by Gasteiger charge is -2.29. The van der Waals surface area contributed by atoms with Crippen LogP contribution in [0.25, 0.3) is 0 Å². The Morgan fingerprint density at radius 3 is 2.67 bits per heavy atom. The summed E-state index contributed by atoms with van der Waals surface area (Å²) < 4.78 is 5.83. The van der Waals surface area contributed by atoms with Gasteiger partial charge < -0.3 is 15.4 Å². The van der Waals surface area contributed by atoms with Gasteiger partial charge in [0.05, 0.1) is 6.10 Å². The normalized spacial score (nSPS) is 19.6. The number of likely N-dealkylation sites (N-methyl/N-ethyl adjacent to an activating group) is 1. The summed E-state index contributed by atoms with van der Waals surface area (Å²) in [5.41, 5.74) is 8.11. The molecule has 1 aliphatic rings. The Kier molecular flexibility index (Phi) is 5.22. The molecule has 0 aromatic carbocycles. The molecule has 0 spiro atoms. The summed E-state index contributed by atoms with van der Waals surface area (Å²) in [6.07, 6.45) is 3.93. The van der Waals surface area contributed by atoms with E-state index < -0.39 is 0 Å². The largest absolute Gasteiger partial charge is 0.376 e. The van der Waals surface area contributed by atoms with Crippen LogP contribution >= 0.6 is 0 Å². The highest BCUT2D eigenvalue weighted by Crippen LogP contribution is 2.25. The highest BCUT2D eigenvalue weighted by atomic mass is 16.5. The van der Waals surface area contributed by atoms with Gasteiger partial charge in [-0.05, 0) is 37.0 Å². The Hall–Kier alpha value is -1.13. The maximum absolute atomic E-state index is 5.84. The topological polar surface area (TPSA) is 51.4 Å². The molecule has 0 aliphatic carbocycles. The molecule has 1 aromatic rings. The fourth-order valence-corrected chi connectivity index (χ4v) is 2.62. The lowest BCUT2D eigenvalue weighted by molar-refractivity contribution is 0.0215. The summed E-state index contributed by atoms with van der Waals surface area (Å²) in [6, 6.07) is 4.21. The van der Waals surface area contributed by atoms with Gasteiger partial charge in [-0.2, -0.15) is 0 Å². The maximum Gasteiger partial charge on any atom is 0.128 e.